The molecule has 6 heteroatoms. The largest absolute Gasteiger partial charge is 0.377 e. The molecule has 0 amide bonds. The number of nitrogens with zero attached hydrogens (tertiary/aromatic N) is 4. The number of hydrogen-bond acceptors (Lipinski definition) is 5. The lowest BCUT2D eigenvalue weighted by Crippen LogP contribution is -2.06. The predicted octanol–water partition coefficient (Wildman–Crippen LogP) is 1.85. The first kappa shape index (κ1) is 13.5. The molecule has 0 fully saturated rings. The number of hydrogen-bond donors (Lipinski definition) is 1. The predicted molar refractivity (Wildman–Crippen MR) is 73.7 cm³/mol. The molecule has 19 heavy (non-hydrogen) atoms. The Labute approximate surface area is 112 Å². The van der Waals surface area contributed by atoms with E-state index in [0.29, 0.717) is 12.4 Å². The second kappa shape index (κ2) is 6.29. The number of methoxy groups -OCH3 is 1. The first-order chi connectivity index (χ1) is 9.22. The van der Waals surface area contributed by atoms with Crippen LogP contribution in [0.2, 0.25) is 0 Å². The van der Waals surface area contributed by atoms with Gasteiger partial charge < -0.3 is 10.1 Å². The van der Waals surface area contributed by atoms with Crippen molar-refractivity contribution in [3.63, 3.8) is 0 Å². The fourth-order valence-electron chi connectivity index (χ4n) is 1.74. The quantitative estimate of drug-likeness (QED) is 0.859. The minimum absolute atomic E-state index is 0.398. The van der Waals surface area contributed by atoms with Crippen LogP contribution in [0.25, 0.3) is 11.3 Å². The fraction of sp³-hybridized carbons (Fsp3) is 0.462. The zero-order valence-corrected chi connectivity index (χ0v) is 11.6. The molecule has 0 aromatic carbocycles. The summed E-state index contributed by atoms with van der Waals surface area (Å²) in [6.45, 7) is 3.40. The van der Waals surface area contributed by atoms with E-state index >= 15 is 0 Å². The van der Waals surface area contributed by atoms with E-state index in [9.17, 15) is 0 Å². The first-order valence-electron chi connectivity index (χ1n) is 6.32. The van der Waals surface area contributed by atoms with E-state index in [4.69, 9.17) is 4.74 Å². The van der Waals surface area contributed by atoms with Gasteiger partial charge in [-0.15, -0.1) is 0 Å². The highest BCUT2D eigenvalue weighted by molar-refractivity contribution is 5.60. The van der Waals surface area contributed by atoms with Gasteiger partial charge in [-0.25, -0.2) is 9.97 Å². The Kier molecular flexibility index (Phi) is 4.46. The standard InChI is InChI=1S/C13H19N5O/c1-4-5-14-12-6-11(10-7-15-18(2)8-10)16-13(17-12)9-19-3/h6-8H,4-5,9H2,1-3H3,(H,14,16,17). The van der Waals surface area contributed by atoms with Crippen LogP contribution in [0, 0.1) is 0 Å². The summed E-state index contributed by atoms with van der Waals surface area (Å²) in [4.78, 5) is 8.90. The van der Waals surface area contributed by atoms with Gasteiger partial charge in [0.2, 0.25) is 0 Å². The van der Waals surface area contributed by atoms with Gasteiger partial charge in [-0.2, -0.15) is 5.10 Å². The number of nitrogens with one attached hydrogen (secondary N) is 1. The van der Waals surface area contributed by atoms with Gasteiger partial charge in [-0.1, -0.05) is 6.92 Å². The lowest BCUT2D eigenvalue weighted by Gasteiger charge is -2.08. The maximum Gasteiger partial charge on any atom is 0.157 e. The van der Waals surface area contributed by atoms with Gasteiger partial charge in [0.05, 0.1) is 11.9 Å². The van der Waals surface area contributed by atoms with Gasteiger partial charge in [0.1, 0.15) is 12.4 Å². The van der Waals surface area contributed by atoms with Crippen LogP contribution in [0.15, 0.2) is 18.5 Å². The molecule has 2 rings (SSSR count). The summed E-state index contributed by atoms with van der Waals surface area (Å²) < 4.78 is 6.87. The summed E-state index contributed by atoms with van der Waals surface area (Å²) in [5.74, 6) is 1.49. The van der Waals surface area contributed by atoms with Crippen LogP contribution >= 0.6 is 0 Å². The van der Waals surface area contributed by atoms with Crippen molar-refractivity contribution < 1.29 is 4.74 Å². The molecular weight excluding hydrogens is 242 g/mol. The number of ether oxygens (including phenoxy) is 1. The van der Waals surface area contributed by atoms with Crippen LogP contribution in [-0.2, 0) is 18.4 Å². The Morgan fingerprint density at radius 1 is 1.37 bits per heavy atom. The molecule has 0 aliphatic rings. The molecule has 0 aliphatic carbocycles. The SMILES string of the molecule is CCCNc1cc(-c2cnn(C)c2)nc(COC)n1. The summed E-state index contributed by atoms with van der Waals surface area (Å²) in [7, 11) is 3.52. The third kappa shape index (κ3) is 3.51. The van der Waals surface area contributed by atoms with Gasteiger partial charge in [-0.05, 0) is 6.42 Å². The highest BCUT2D eigenvalue weighted by Crippen LogP contribution is 2.19. The van der Waals surface area contributed by atoms with Crippen molar-refractivity contribution in [1.29, 1.82) is 0 Å². The summed E-state index contributed by atoms with van der Waals surface area (Å²) in [5, 5.41) is 7.44. The third-order valence-electron chi connectivity index (χ3n) is 2.60. The van der Waals surface area contributed by atoms with E-state index in [0.717, 1.165) is 30.0 Å². The van der Waals surface area contributed by atoms with E-state index < -0.39 is 0 Å². The molecule has 2 aromatic rings. The molecule has 0 saturated heterocycles. The Hall–Kier alpha value is -1.95. The first-order valence-corrected chi connectivity index (χ1v) is 6.32. The van der Waals surface area contributed by atoms with Gasteiger partial charge in [-0.3, -0.25) is 4.68 Å². The summed E-state index contributed by atoms with van der Waals surface area (Å²) >= 11 is 0. The van der Waals surface area contributed by atoms with E-state index in [1.54, 1.807) is 18.0 Å². The molecule has 102 valence electrons. The third-order valence-corrected chi connectivity index (χ3v) is 2.60. The van der Waals surface area contributed by atoms with E-state index in [1.165, 1.54) is 0 Å². The molecule has 2 aromatic heterocycles. The van der Waals surface area contributed by atoms with Crippen molar-refractivity contribution in [3.8, 4) is 11.3 Å². The van der Waals surface area contributed by atoms with Gasteiger partial charge in [0.15, 0.2) is 5.82 Å². The Morgan fingerprint density at radius 3 is 2.84 bits per heavy atom. The molecule has 1 N–H and O–H groups in total. The van der Waals surface area contributed by atoms with Gasteiger partial charge in [0, 0.05) is 38.5 Å². The zero-order chi connectivity index (χ0) is 13.7. The van der Waals surface area contributed by atoms with Crippen LogP contribution in [-0.4, -0.2) is 33.4 Å². The second-order valence-electron chi connectivity index (χ2n) is 4.32. The Bertz CT molecular complexity index is 538. The van der Waals surface area contributed by atoms with E-state index in [2.05, 4.69) is 27.3 Å². The molecule has 0 bridgehead atoms. The van der Waals surface area contributed by atoms with Crippen molar-refractivity contribution in [2.24, 2.45) is 7.05 Å². The smallest absolute Gasteiger partial charge is 0.157 e. The van der Waals surface area contributed by atoms with Crippen molar-refractivity contribution in [1.82, 2.24) is 19.7 Å². The number of anilines is 1. The van der Waals surface area contributed by atoms with Crippen molar-refractivity contribution in [3.05, 3.63) is 24.3 Å². The molecular formula is C13H19N5O. The molecule has 0 spiro atoms. The van der Waals surface area contributed by atoms with E-state index in [1.807, 2.05) is 19.3 Å². The van der Waals surface area contributed by atoms with Crippen molar-refractivity contribution in [2.75, 3.05) is 19.0 Å². The van der Waals surface area contributed by atoms with Gasteiger partial charge in [0.25, 0.3) is 0 Å². The molecule has 0 aliphatic heterocycles. The lowest BCUT2D eigenvalue weighted by atomic mass is 10.2. The Balaban J connectivity index is 2.33. The van der Waals surface area contributed by atoms with Crippen LogP contribution in [0.1, 0.15) is 19.2 Å². The van der Waals surface area contributed by atoms with Gasteiger partial charge >= 0.3 is 0 Å². The minimum Gasteiger partial charge on any atom is -0.377 e. The number of rotatable bonds is 6. The monoisotopic (exact) mass is 261 g/mol. The fourth-order valence-corrected chi connectivity index (χ4v) is 1.74. The maximum absolute atomic E-state index is 5.11. The Morgan fingerprint density at radius 2 is 2.21 bits per heavy atom. The minimum atomic E-state index is 0.398. The molecule has 0 unspecified atom stereocenters. The number of aryl methyl sites for hydroxylation is 1. The summed E-state index contributed by atoms with van der Waals surface area (Å²) in [6.07, 6.45) is 4.77. The van der Waals surface area contributed by atoms with Crippen LogP contribution in [0.5, 0.6) is 0 Å². The second-order valence-corrected chi connectivity index (χ2v) is 4.32. The molecule has 2 heterocycles. The highest BCUT2D eigenvalue weighted by Gasteiger charge is 2.08. The molecule has 0 radical (unpaired) electrons. The average Bonchev–Trinajstić information content (AvgIpc) is 2.83. The molecule has 0 atom stereocenters. The van der Waals surface area contributed by atoms with E-state index in [-0.39, 0.29) is 0 Å². The maximum atomic E-state index is 5.11. The van der Waals surface area contributed by atoms with Crippen molar-refractivity contribution >= 4 is 5.82 Å². The van der Waals surface area contributed by atoms with Crippen LogP contribution in [0.4, 0.5) is 5.82 Å². The van der Waals surface area contributed by atoms with Crippen LogP contribution in [0.3, 0.4) is 0 Å². The molecule has 0 saturated carbocycles. The summed E-state index contributed by atoms with van der Waals surface area (Å²) in [5.41, 5.74) is 1.83. The topological polar surface area (TPSA) is 64.9 Å². The zero-order valence-electron chi connectivity index (χ0n) is 11.6. The highest BCUT2D eigenvalue weighted by atomic mass is 16.5. The average molecular weight is 261 g/mol. The molecule has 6 nitrogen and oxygen atoms in total. The van der Waals surface area contributed by atoms with Crippen LogP contribution < -0.4 is 5.32 Å². The number of aromatic nitrogens is 4. The lowest BCUT2D eigenvalue weighted by molar-refractivity contribution is 0.178. The normalized spacial score (nSPS) is 10.7. The van der Waals surface area contributed by atoms with Crippen molar-refractivity contribution in [2.45, 2.75) is 20.0 Å². The summed E-state index contributed by atoms with van der Waals surface area (Å²) in [6, 6.07) is 1.94.